The first-order valence-corrected chi connectivity index (χ1v) is 11.2. The van der Waals surface area contributed by atoms with Gasteiger partial charge in [0.1, 0.15) is 24.0 Å². The normalized spacial score (nSPS) is 11.6. The summed E-state index contributed by atoms with van der Waals surface area (Å²) >= 11 is 0. The van der Waals surface area contributed by atoms with E-state index in [0.717, 1.165) is 0 Å². The fourth-order valence-corrected chi connectivity index (χ4v) is 2.93. The summed E-state index contributed by atoms with van der Waals surface area (Å²) in [7, 11) is 1.27. The maximum Gasteiger partial charge on any atom is 0.408 e. The number of carboxylic acids is 1. The first kappa shape index (κ1) is 28.8. The van der Waals surface area contributed by atoms with Gasteiger partial charge in [-0.25, -0.2) is 19.2 Å². The second-order valence-corrected chi connectivity index (χ2v) is 8.79. The third kappa shape index (κ3) is 9.63. The highest BCUT2D eigenvalue weighted by molar-refractivity contribution is 6.39. The molecule has 0 saturated carbocycles. The quantitative estimate of drug-likeness (QED) is 0.197. The lowest BCUT2D eigenvalue weighted by Crippen LogP contribution is -2.45. The molecule has 11 nitrogen and oxygen atoms in total. The van der Waals surface area contributed by atoms with Crippen LogP contribution in [0.2, 0.25) is 0 Å². The molecule has 37 heavy (non-hydrogen) atoms. The number of methoxy groups -OCH3 is 1. The molecule has 2 aromatic carbocycles. The number of amides is 1. The molecule has 198 valence electrons. The number of aliphatic carboxylic acids is 1. The largest absolute Gasteiger partial charge is 0.494 e. The summed E-state index contributed by atoms with van der Waals surface area (Å²) in [5, 5.41) is 11.3. The molecule has 0 aliphatic rings. The van der Waals surface area contributed by atoms with Crippen LogP contribution in [0.3, 0.4) is 0 Å². The number of carbonyl (C=O) groups is 5. The SMILES string of the molecule is COC(=O)c1ccc(COC(=O)C(CCOc2ccc(C(=O)C(=O)O)cc2)NC(=O)OC(C)(C)C)cc1. The van der Waals surface area contributed by atoms with E-state index in [2.05, 4.69) is 10.1 Å². The molecule has 1 unspecified atom stereocenters. The summed E-state index contributed by atoms with van der Waals surface area (Å²) in [6, 6.07) is 10.6. The molecular weight excluding hydrogens is 486 g/mol. The van der Waals surface area contributed by atoms with Gasteiger partial charge in [-0.15, -0.1) is 0 Å². The van der Waals surface area contributed by atoms with Crippen LogP contribution in [0.15, 0.2) is 48.5 Å². The zero-order valence-electron chi connectivity index (χ0n) is 20.9. The van der Waals surface area contributed by atoms with E-state index in [1.54, 1.807) is 32.9 Å². The van der Waals surface area contributed by atoms with E-state index in [-0.39, 0.29) is 25.2 Å². The van der Waals surface area contributed by atoms with Crippen molar-refractivity contribution in [1.82, 2.24) is 5.32 Å². The van der Waals surface area contributed by atoms with Crippen LogP contribution in [0.1, 0.15) is 53.5 Å². The zero-order valence-corrected chi connectivity index (χ0v) is 20.9. The van der Waals surface area contributed by atoms with Crippen LogP contribution in [0.25, 0.3) is 0 Å². The van der Waals surface area contributed by atoms with Gasteiger partial charge in [0.15, 0.2) is 0 Å². The van der Waals surface area contributed by atoms with E-state index in [9.17, 15) is 24.0 Å². The van der Waals surface area contributed by atoms with Crippen molar-refractivity contribution < 1.29 is 48.0 Å². The zero-order chi connectivity index (χ0) is 27.6. The third-order valence-electron chi connectivity index (χ3n) is 4.72. The molecule has 0 radical (unpaired) electrons. The van der Waals surface area contributed by atoms with Gasteiger partial charge in [0.2, 0.25) is 0 Å². The van der Waals surface area contributed by atoms with Gasteiger partial charge in [-0.05, 0) is 62.7 Å². The summed E-state index contributed by atoms with van der Waals surface area (Å²) < 4.78 is 20.8. The molecule has 0 saturated heterocycles. The molecular formula is C26H29NO10. The van der Waals surface area contributed by atoms with E-state index in [4.69, 9.17) is 19.3 Å². The van der Waals surface area contributed by atoms with E-state index in [1.165, 1.54) is 43.5 Å². The Balaban J connectivity index is 2.00. The Morgan fingerprint density at radius 1 is 0.919 bits per heavy atom. The molecule has 0 spiro atoms. The number of benzene rings is 2. The summed E-state index contributed by atoms with van der Waals surface area (Å²) in [5.41, 5.74) is 0.169. The molecule has 2 rings (SSSR count). The van der Waals surface area contributed by atoms with E-state index in [1.807, 2.05) is 0 Å². The van der Waals surface area contributed by atoms with Crippen molar-refractivity contribution in [3.05, 3.63) is 65.2 Å². The Kier molecular flexibility index (Phi) is 10.2. The molecule has 0 aliphatic heterocycles. The van der Waals surface area contributed by atoms with Crippen LogP contribution < -0.4 is 10.1 Å². The minimum Gasteiger partial charge on any atom is -0.494 e. The number of rotatable bonds is 11. The molecule has 0 bridgehead atoms. The molecule has 0 fully saturated rings. The summed E-state index contributed by atoms with van der Waals surface area (Å²) in [4.78, 5) is 58.8. The Morgan fingerprint density at radius 2 is 1.51 bits per heavy atom. The van der Waals surface area contributed by atoms with E-state index in [0.29, 0.717) is 16.9 Å². The monoisotopic (exact) mass is 515 g/mol. The first-order valence-electron chi connectivity index (χ1n) is 11.2. The average molecular weight is 516 g/mol. The number of hydrogen-bond acceptors (Lipinski definition) is 9. The van der Waals surface area contributed by atoms with Gasteiger partial charge < -0.3 is 29.4 Å². The van der Waals surface area contributed by atoms with Crippen LogP contribution in [-0.2, 0) is 30.4 Å². The van der Waals surface area contributed by atoms with E-state index >= 15 is 0 Å². The fraction of sp³-hybridized carbons (Fsp3) is 0.346. The summed E-state index contributed by atoms with van der Waals surface area (Å²) in [6.07, 6.45) is -0.789. The number of Topliss-reactive ketones (excluding diaryl/α,β-unsaturated/α-hetero) is 1. The number of ketones is 1. The van der Waals surface area contributed by atoms with Gasteiger partial charge in [-0.3, -0.25) is 4.79 Å². The lowest BCUT2D eigenvalue weighted by atomic mass is 10.1. The summed E-state index contributed by atoms with van der Waals surface area (Å²) in [5.74, 6) is -3.50. The fourth-order valence-electron chi connectivity index (χ4n) is 2.93. The number of alkyl carbamates (subject to hydrolysis) is 1. The van der Waals surface area contributed by atoms with Gasteiger partial charge in [0.05, 0.1) is 19.3 Å². The van der Waals surface area contributed by atoms with Crippen LogP contribution in [0.5, 0.6) is 5.75 Å². The highest BCUT2D eigenvalue weighted by Crippen LogP contribution is 2.15. The van der Waals surface area contributed by atoms with Crippen molar-refractivity contribution >= 4 is 29.8 Å². The standard InChI is InChI=1S/C26H29NO10/c1-26(2,3)37-25(33)27-20(13-14-35-19-11-9-17(10-12-19)21(28)22(29)30)24(32)36-15-16-5-7-18(8-6-16)23(31)34-4/h5-12,20H,13-15H2,1-4H3,(H,27,33)(H,29,30). The molecule has 0 aromatic heterocycles. The van der Waals surface area contributed by atoms with E-state index < -0.39 is 41.4 Å². The minimum absolute atomic E-state index is 0.00693. The highest BCUT2D eigenvalue weighted by Gasteiger charge is 2.26. The lowest BCUT2D eigenvalue weighted by Gasteiger charge is -2.23. The number of nitrogens with one attached hydrogen (secondary N) is 1. The maximum absolute atomic E-state index is 12.7. The highest BCUT2D eigenvalue weighted by atomic mass is 16.6. The van der Waals surface area contributed by atoms with Crippen molar-refractivity contribution in [2.24, 2.45) is 0 Å². The number of ether oxygens (including phenoxy) is 4. The molecule has 0 aliphatic carbocycles. The first-order chi connectivity index (χ1) is 17.4. The second kappa shape index (κ2) is 13.1. The molecule has 11 heteroatoms. The van der Waals surface area contributed by atoms with Gasteiger partial charge in [0.25, 0.3) is 5.78 Å². The maximum atomic E-state index is 12.7. The van der Waals surface area contributed by atoms with Crippen LogP contribution in [-0.4, -0.2) is 60.3 Å². The van der Waals surface area contributed by atoms with Crippen LogP contribution in [0.4, 0.5) is 4.79 Å². The third-order valence-corrected chi connectivity index (χ3v) is 4.72. The summed E-state index contributed by atoms with van der Waals surface area (Å²) in [6.45, 7) is 4.92. The number of hydrogen-bond donors (Lipinski definition) is 2. The van der Waals surface area contributed by atoms with Gasteiger partial charge in [-0.1, -0.05) is 12.1 Å². The van der Waals surface area contributed by atoms with Crippen molar-refractivity contribution in [2.75, 3.05) is 13.7 Å². The van der Waals surface area contributed by atoms with Crippen molar-refractivity contribution in [3.63, 3.8) is 0 Å². The molecule has 0 heterocycles. The van der Waals surface area contributed by atoms with Crippen molar-refractivity contribution in [3.8, 4) is 5.75 Å². The Morgan fingerprint density at radius 3 is 2.05 bits per heavy atom. The van der Waals surface area contributed by atoms with Gasteiger partial charge in [0, 0.05) is 12.0 Å². The van der Waals surface area contributed by atoms with Gasteiger partial charge in [-0.2, -0.15) is 0 Å². The molecule has 2 aromatic rings. The number of carbonyl (C=O) groups excluding carboxylic acids is 4. The Labute approximate surface area is 213 Å². The average Bonchev–Trinajstić information content (AvgIpc) is 2.85. The Bertz CT molecular complexity index is 1120. The predicted molar refractivity (Wildman–Crippen MR) is 129 cm³/mol. The topological polar surface area (TPSA) is 155 Å². The van der Waals surface area contributed by atoms with Gasteiger partial charge >= 0.3 is 24.0 Å². The number of carboxylic acid groups (broad SMARTS) is 1. The predicted octanol–water partition coefficient (Wildman–Crippen LogP) is 3.15. The van der Waals surface area contributed by atoms with Crippen LogP contribution >= 0.6 is 0 Å². The molecule has 1 amide bonds. The molecule has 2 N–H and O–H groups in total. The van der Waals surface area contributed by atoms with Crippen molar-refractivity contribution in [2.45, 2.75) is 45.4 Å². The lowest BCUT2D eigenvalue weighted by molar-refractivity contribution is -0.148. The van der Waals surface area contributed by atoms with Crippen LogP contribution in [0, 0.1) is 0 Å². The number of esters is 2. The minimum atomic E-state index is -1.57. The van der Waals surface area contributed by atoms with Crippen molar-refractivity contribution in [1.29, 1.82) is 0 Å². The Hall–Kier alpha value is -4.41. The molecule has 1 atom stereocenters. The smallest absolute Gasteiger partial charge is 0.408 e. The second-order valence-electron chi connectivity index (χ2n) is 8.79.